The zero-order valence-electron chi connectivity index (χ0n) is 19.0. The summed E-state index contributed by atoms with van der Waals surface area (Å²) < 4.78 is 5.82. The Balaban J connectivity index is 1.73. The normalized spacial score (nSPS) is 17.7. The van der Waals surface area contributed by atoms with Crippen molar-refractivity contribution in [3.63, 3.8) is 0 Å². The van der Waals surface area contributed by atoms with Crippen LogP contribution in [-0.2, 0) is 15.6 Å². The number of ether oxygens (including phenoxy) is 1. The lowest BCUT2D eigenvalue weighted by molar-refractivity contribution is 0.00977. The minimum atomic E-state index is 0.600. The summed E-state index contributed by atoms with van der Waals surface area (Å²) in [5.74, 6) is 4.50. The Kier molecular flexibility index (Phi) is 18.4. The molecule has 1 heterocycles. The topological polar surface area (TPSA) is 9.23 Å². The van der Waals surface area contributed by atoms with E-state index in [-0.39, 0.29) is 0 Å². The zero-order valence-corrected chi connectivity index (χ0v) is 19.8. The van der Waals surface area contributed by atoms with Crippen molar-refractivity contribution < 1.29 is 4.74 Å². The Morgan fingerprint density at radius 3 is 1.63 bits per heavy atom. The lowest BCUT2D eigenvalue weighted by Crippen LogP contribution is -2.18. The fraction of sp³-hybridized carbons (Fsp3) is 1.00. The van der Waals surface area contributed by atoms with Crippen LogP contribution in [0.5, 0.6) is 0 Å². The summed E-state index contributed by atoms with van der Waals surface area (Å²) in [4.78, 5) is 0. The van der Waals surface area contributed by atoms with Gasteiger partial charge in [0.2, 0.25) is 0 Å². The van der Waals surface area contributed by atoms with Crippen LogP contribution in [0.15, 0.2) is 0 Å². The second-order valence-corrected chi connectivity index (χ2v) is 11.2. The molecule has 1 atom stereocenters. The van der Waals surface area contributed by atoms with Crippen LogP contribution in [-0.4, -0.2) is 30.0 Å². The van der Waals surface area contributed by atoms with Crippen molar-refractivity contribution in [1.29, 1.82) is 0 Å². The van der Waals surface area contributed by atoms with Crippen LogP contribution in [0, 0.1) is 0 Å². The quantitative estimate of drug-likeness (QED) is 0.158. The maximum atomic E-state index is 5.82. The largest absolute Gasteiger partial charge is 0.378 e. The van der Waals surface area contributed by atoms with Gasteiger partial charge in [0.1, 0.15) is 17.3 Å². The van der Waals surface area contributed by atoms with Crippen LogP contribution >= 0.6 is 0 Å². The van der Waals surface area contributed by atoms with Crippen molar-refractivity contribution in [2.45, 2.75) is 136 Å². The lowest BCUT2D eigenvalue weighted by Gasteiger charge is -2.22. The highest BCUT2D eigenvalue weighted by Crippen LogP contribution is 2.19. The number of hydrogen-bond donors (Lipinski definition) is 0. The van der Waals surface area contributed by atoms with Gasteiger partial charge < -0.3 is 4.74 Å². The van der Waals surface area contributed by atoms with Gasteiger partial charge in [-0.05, 0) is 62.3 Å². The van der Waals surface area contributed by atoms with Gasteiger partial charge in [-0.25, -0.2) is 0 Å². The van der Waals surface area contributed by atoms with Crippen LogP contribution in [0.25, 0.3) is 0 Å². The van der Waals surface area contributed by atoms with Gasteiger partial charge >= 0.3 is 0 Å². The first-order chi connectivity index (χ1) is 13.4. The lowest BCUT2D eigenvalue weighted by atomic mass is 10.0. The molecule has 0 radical (unpaired) electrons. The minimum Gasteiger partial charge on any atom is -0.378 e. The maximum absolute atomic E-state index is 5.82. The Morgan fingerprint density at radius 1 is 0.630 bits per heavy atom. The first-order valence-electron chi connectivity index (χ1n) is 12.6. The van der Waals surface area contributed by atoms with Crippen molar-refractivity contribution >= 4 is 10.9 Å². The molecule has 1 aliphatic rings. The van der Waals surface area contributed by atoms with Crippen LogP contribution < -0.4 is 0 Å². The molecule has 0 amide bonds. The Labute approximate surface area is 175 Å². The number of hydrogen-bond acceptors (Lipinski definition) is 1. The number of rotatable bonds is 19. The molecular weight excluding hydrogens is 348 g/mol. The van der Waals surface area contributed by atoms with E-state index in [1.54, 1.807) is 0 Å². The van der Waals surface area contributed by atoms with Gasteiger partial charge in [-0.3, -0.25) is 0 Å². The molecule has 162 valence electrons. The van der Waals surface area contributed by atoms with Gasteiger partial charge in [-0.1, -0.05) is 78.1 Å². The van der Waals surface area contributed by atoms with Crippen molar-refractivity contribution in [3.05, 3.63) is 0 Å². The van der Waals surface area contributed by atoms with Crippen molar-refractivity contribution in [3.8, 4) is 0 Å². The molecule has 0 saturated carbocycles. The molecule has 1 saturated heterocycles. The van der Waals surface area contributed by atoms with Crippen LogP contribution in [0.4, 0.5) is 0 Å². The highest BCUT2D eigenvalue weighted by Gasteiger charge is 2.14. The summed E-state index contributed by atoms with van der Waals surface area (Å²) in [7, 11) is 0.751. The summed E-state index contributed by atoms with van der Waals surface area (Å²) in [6.07, 6.45) is 26.3. The molecule has 1 unspecified atom stereocenters. The van der Waals surface area contributed by atoms with Gasteiger partial charge in [0.25, 0.3) is 0 Å². The minimum absolute atomic E-state index is 0.600. The average Bonchev–Trinajstić information content (AvgIpc) is 2.69. The van der Waals surface area contributed by atoms with Crippen molar-refractivity contribution in [2.24, 2.45) is 0 Å². The predicted molar refractivity (Wildman–Crippen MR) is 126 cm³/mol. The maximum Gasteiger partial charge on any atom is 0.108 e. The highest BCUT2D eigenvalue weighted by molar-refractivity contribution is 7.96. The van der Waals surface area contributed by atoms with Crippen LogP contribution in [0.3, 0.4) is 0 Å². The third-order valence-electron chi connectivity index (χ3n) is 5.97. The Bertz CT molecular complexity index is 282. The van der Waals surface area contributed by atoms with Crippen LogP contribution in [0.2, 0.25) is 0 Å². The molecule has 1 aliphatic heterocycles. The van der Waals surface area contributed by atoms with Gasteiger partial charge in [0.05, 0.1) is 6.10 Å². The van der Waals surface area contributed by atoms with E-state index in [0.717, 1.165) is 17.5 Å². The molecule has 0 aromatic carbocycles. The SMILES string of the molecule is CCC[S+](CCC)CCCCCCCCCCCCCCC1CCCCO1. The standard InChI is InChI=1S/C25H51OS/c1-3-22-27(23-4-2)24-18-14-12-10-8-6-5-7-9-11-13-15-19-25-20-16-17-21-26-25/h25H,3-24H2,1-2H3/q+1. The Hall–Kier alpha value is 0.310. The summed E-state index contributed by atoms with van der Waals surface area (Å²) in [6.45, 7) is 5.72. The first kappa shape index (κ1) is 25.3. The van der Waals surface area contributed by atoms with E-state index in [9.17, 15) is 0 Å². The van der Waals surface area contributed by atoms with E-state index in [2.05, 4.69) is 13.8 Å². The smallest absolute Gasteiger partial charge is 0.108 e. The van der Waals surface area contributed by atoms with E-state index in [0.29, 0.717) is 6.10 Å². The fourth-order valence-electron chi connectivity index (χ4n) is 4.36. The van der Waals surface area contributed by atoms with E-state index < -0.39 is 0 Å². The zero-order chi connectivity index (χ0) is 19.4. The summed E-state index contributed by atoms with van der Waals surface area (Å²) in [5.41, 5.74) is 0. The van der Waals surface area contributed by atoms with E-state index >= 15 is 0 Å². The van der Waals surface area contributed by atoms with Crippen molar-refractivity contribution in [2.75, 3.05) is 23.9 Å². The molecular formula is C25H51OS+. The molecule has 1 nitrogen and oxygen atoms in total. The Morgan fingerprint density at radius 2 is 1.15 bits per heavy atom. The molecule has 0 aromatic heterocycles. The van der Waals surface area contributed by atoms with Gasteiger partial charge in [-0.15, -0.1) is 0 Å². The monoisotopic (exact) mass is 399 g/mol. The highest BCUT2D eigenvalue weighted by atomic mass is 32.2. The molecule has 1 fully saturated rings. The second kappa shape index (κ2) is 19.6. The number of unbranched alkanes of at least 4 members (excludes halogenated alkanes) is 11. The van der Waals surface area contributed by atoms with Crippen molar-refractivity contribution in [1.82, 2.24) is 0 Å². The summed E-state index contributed by atoms with van der Waals surface area (Å²) in [5, 5.41) is 0. The van der Waals surface area contributed by atoms with Gasteiger partial charge in [0, 0.05) is 6.61 Å². The molecule has 0 spiro atoms. The molecule has 27 heavy (non-hydrogen) atoms. The second-order valence-electron chi connectivity index (χ2n) is 8.74. The summed E-state index contributed by atoms with van der Waals surface area (Å²) in [6, 6.07) is 0. The van der Waals surface area contributed by atoms with E-state index in [4.69, 9.17) is 4.74 Å². The van der Waals surface area contributed by atoms with Gasteiger partial charge in [0.15, 0.2) is 0 Å². The molecule has 2 heteroatoms. The molecule has 0 aromatic rings. The third kappa shape index (κ3) is 15.9. The fourth-order valence-corrected chi connectivity index (χ4v) is 6.74. The molecule has 1 rings (SSSR count). The summed E-state index contributed by atoms with van der Waals surface area (Å²) >= 11 is 0. The third-order valence-corrected chi connectivity index (χ3v) is 8.81. The molecule has 0 aliphatic carbocycles. The van der Waals surface area contributed by atoms with Gasteiger partial charge in [-0.2, -0.15) is 0 Å². The van der Waals surface area contributed by atoms with E-state index in [1.165, 1.54) is 133 Å². The van der Waals surface area contributed by atoms with E-state index in [1.807, 2.05) is 0 Å². The van der Waals surface area contributed by atoms with Crippen LogP contribution in [0.1, 0.15) is 129 Å². The predicted octanol–water partition coefficient (Wildman–Crippen LogP) is 8.07. The average molecular weight is 400 g/mol. The molecule has 0 N–H and O–H groups in total. The first-order valence-corrected chi connectivity index (χ1v) is 14.4. The molecule has 0 bridgehead atoms.